The molecule has 0 spiro atoms. The number of alkyl halides is 3. The van der Waals surface area contributed by atoms with E-state index >= 15 is 0 Å². The molecule has 0 aliphatic carbocycles. The van der Waals surface area contributed by atoms with Crippen molar-refractivity contribution in [2.45, 2.75) is 44.2 Å². The Bertz CT molecular complexity index is 946. The van der Waals surface area contributed by atoms with Crippen molar-refractivity contribution < 1.29 is 22.8 Å². The van der Waals surface area contributed by atoms with E-state index in [1.807, 2.05) is 53.8 Å². The molecule has 2 aliphatic rings. The molecule has 3 N–H and O–H groups in total. The van der Waals surface area contributed by atoms with Gasteiger partial charge in [0.1, 0.15) is 12.0 Å². The van der Waals surface area contributed by atoms with E-state index < -0.39 is 36.0 Å². The number of halogens is 3. The SMILES string of the molecule is O=C(NC(c1ccccc1)c1ccc2c(c1)CNC2)C1CCC(C(F)(F)F)NC1=O. The molecule has 0 bridgehead atoms. The molecule has 0 aromatic heterocycles. The second kappa shape index (κ2) is 8.10. The predicted molar refractivity (Wildman–Crippen MR) is 104 cm³/mol. The Labute approximate surface area is 172 Å². The number of carbonyl (C=O) groups excluding carboxylic acids is 2. The molecule has 2 aliphatic heterocycles. The van der Waals surface area contributed by atoms with Gasteiger partial charge in [0.15, 0.2) is 0 Å². The largest absolute Gasteiger partial charge is 0.408 e. The van der Waals surface area contributed by atoms with Crippen molar-refractivity contribution in [1.29, 1.82) is 0 Å². The van der Waals surface area contributed by atoms with Gasteiger partial charge in [0.2, 0.25) is 11.8 Å². The third kappa shape index (κ3) is 4.18. The number of nitrogens with one attached hydrogen (secondary N) is 3. The van der Waals surface area contributed by atoms with Gasteiger partial charge in [0, 0.05) is 13.1 Å². The Balaban J connectivity index is 1.55. The van der Waals surface area contributed by atoms with Gasteiger partial charge < -0.3 is 16.0 Å². The lowest BCUT2D eigenvalue weighted by Gasteiger charge is -2.31. The number of rotatable bonds is 4. The van der Waals surface area contributed by atoms with Gasteiger partial charge in [0.05, 0.1) is 6.04 Å². The highest BCUT2D eigenvalue weighted by molar-refractivity contribution is 6.01. The topological polar surface area (TPSA) is 70.2 Å². The van der Waals surface area contributed by atoms with Gasteiger partial charge in [-0.15, -0.1) is 0 Å². The smallest absolute Gasteiger partial charge is 0.344 e. The molecule has 2 aromatic carbocycles. The van der Waals surface area contributed by atoms with Crippen LogP contribution in [0.4, 0.5) is 13.2 Å². The third-order valence-corrected chi connectivity index (χ3v) is 5.70. The summed E-state index contributed by atoms with van der Waals surface area (Å²) < 4.78 is 38.7. The quantitative estimate of drug-likeness (QED) is 0.670. The molecule has 158 valence electrons. The van der Waals surface area contributed by atoms with E-state index in [2.05, 4.69) is 10.6 Å². The van der Waals surface area contributed by atoms with E-state index in [0.717, 1.165) is 29.8 Å². The zero-order valence-electron chi connectivity index (χ0n) is 16.1. The number of carbonyl (C=O) groups is 2. The molecule has 4 rings (SSSR count). The van der Waals surface area contributed by atoms with Crippen molar-refractivity contribution in [3.8, 4) is 0 Å². The molecule has 8 heteroatoms. The van der Waals surface area contributed by atoms with Crippen LogP contribution in [-0.2, 0) is 22.7 Å². The molecule has 3 atom stereocenters. The molecular formula is C22H22F3N3O2. The lowest BCUT2D eigenvalue weighted by atomic mass is 9.91. The summed E-state index contributed by atoms with van der Waals surface area (Å²) in [6.07, 6.45) is -4.96. The summed E-state index contributed by atoms with van der Waals surface area (Å²) in [7, 11) is 0. The Morgan fingerprint density at radius 3 is 2.43 bits per heavy atom. The summed E-state index contributed by atoms with van der Waals surface area (Å²) in [5, 5.41) is 8.11. The number of hydrogen-bond donors (Lipinski definition) is 3. The molecule has 3 unspecified atom stereocenters. The lowest BCUT2D eigenvalue weighted by Crippen LogP contribution is -2.54. The van der Waals surface area contributed by atoms with Crippen LogP contribution in [0, 0.1) is 5.92 Å². The number of amides is 2. The van der Waals surface area contributed by atoms with Crippen LogP contribution in [0.25, 0.3) is 0 Å². The third-order valence-electron chi connectivity index (χ3n) is 5.70. The highest BCUT2D eigenvalue weighted by Gasteiger charge is 2.46. The fourth-order valence-electron chi connectivity index (χ4n) is 4.05. The van der Waals surface area contributed by atoms with Crippen molar-refractivity contribution in [3.63, 3.8) is 0 Å². The number of benzene rings is 2. The van der Waals surface area contributed by atoms with Crippen LogP contribution >= 0.6 is 0 Å². The maximum absolute atomic E-state index is 12.9. The van der Waals surface area contributed by atoms with Crippen LogP contribution in [0.15, 0.2) is 48.5 Å². The molecule has 30 heavy (non-hydrogen) atoms. The minimum atomic E-state index is -4.51. The van der Waals surface area contributed by atoms with Crippen molar-refractivity contribution in [3.05, 3.63) is 70.8 Å². The Morgan fingerprint density at radius 2 is 1.73 bits per heavy atom. The first-order chi connectivity index (χ1) is 14.3. The maximum Gasteiger partial charge on any atom is 0.408 e. The summed E-state index contributed by atoms with van der Waals surface area (Å²) in [5.41, 5.74) is 4.04. The van der Waals surface area contributed by atoms with Gasteiger partial charge in [-0.3, -0.25) is 9.59 Å². The molecule has 2 heterocycles. The van der Waals surface area contributed by atoms with Crippen LogP contribution < -0.4 is 16.0 Å². The molecule has 0 radical (unpaired) electrons. The zero-order chi connectivity index (χ0) is 21.3. The summed E-state index contributed by atoms with van der Waals surface area (Å²) >= 11 is 0. The van der Waals surface area contributed by atoms with E-state index in [1.165, 1.54) is 5.56 Å². The van der Waals surface area contributed by atoms with E-state index in [0.29, 0.717) is 0 Å². The van der Waals surface area contributed by atoms with Crippen LogP contribution in [0.2, 0.25) is 0 Å². The molecule has 0 saturated carbocycles. The van der Waals surface area contributed by atoms with Gasteiger partial charge in [0.25, 0.3) is 0 Å². The van der Waals surface area contributed by atoms with Crippen molar-refractivity contribution >= 4 is 11.8 Å². The average Bonchev–Trinajstić information content (AvgIpc) is 3.19. The van der Waals surface area contributed by atoms with Crippen molar-refractivity contribution in [1.82, 2.24) is 16.0 Å². The molecule has 2 amide bonds. The van der Waals surface area contributed by atoms with Crippen LogP contribution in [0.1, 0.15) is 41.1 Å². The Hall–Kier alpha value is -2.87. The fourth-order valence-corrected chi connectivity index (χ4v) is 4.05. The Morgan fingerprint density at radius 1 is 1.00 bits per heavy atom. The maximum atomic E-state index is 12.9. The Kier molecular flexibility index (Phi) is 5.51. The molecule has 5 nitrogen and oxygen atoms in total. The number of piperidine rings is 1. The van der Waals surface area contributed by atoms with E-state index in [9.17, 15) is 22.8 Å². The highest BCUT2D eigenvalue weighted by Crippen LogP contribution is 2.30. The number of fused-ring (bicyclic) bond motifs is 1. The first-order valence-corrected chi connectivity index (χ1v) is 9.88. The second-order valence-electron chi connectivity index (χ2n) is 7.72. The molecular weight excluding hydrogens is 395 g/mol. The molecule has 2 aromatic rings. The van der Waals surface area contributed by atoms with Crippen LogP contribution in [0.3, 0.4) is 0 Å². The van der Waals surface area contributed by atoms with Gasteiger partial charge in [-0.05, 0) is 35.1 Å². The van der Waals surface area contributed by atoms with Gasteiger partial charge in [-0.1, -0.05) is 48.5 Å². The van der Waals surface area contributed by atoms with Gasteiger partial charge >= 0.3 is 6.18 Å². The van der Waals surface area contributed by atoms with Crippen LogP contribution in [-0.4, -0.2) is 24.0 Å². The minimum Gasteiger partial charge on any atom is -0.344 e. The standard InChI is InChI=1S/C22H22F3N3O2/c23-22(24,25)18-9-8-17(20(29)27-18)21(30)28-19(13-4-2-1-3-5-13)14-6-7-15-11-26-12-16(15)10-14/h1-7,10,17-19,26H,8-9,11-12H2,(H,27,29)(H,28,30). The lowest BCUT2D eigenvalue weighted by molar-refractivity contribution is -0.171. The second-order valence-corrected chi connectivity index (χ2v) is 7.72. The van der Waals surface area contributed by atoms with E-state index in [-0.39, 0.29) is 12.8 Å². The molecule has 1 fully saturated rings. The van der Waals surface area contributed by atoms with Crippen LogP contribution in [0.5, 0.6) is 0 Å². The summed E-state index contributed by atoms with van der Waals surface area (Å²) in [4.78, 5) is 25.1. The first kappa shape index (κ1) is 20.4. The number of hydrogen-bond acceptors (Lipinski definition) is 3. The van der Waals surface area contributed by atoms with Crippen molar-refractivity contribution in [2.75, 3.05) is 0 Å². The zero-order valence-corrected chi connectivity index (χ0v) is 16.1. The molecule has 1 saturated heterocycles. The summed E-state index contributed by atoms with van der Waals surface area (Å²) in [6.45, 7) is 1.53. The van der Waals surface area contributed by atoms with E-state index in [1.54, 1.807) is 0 Å². The van der Waals surface area contributed by atoms with E-state index in [4.69, 9.17) is 0 Å². The summed E-state index contributed by atoms with van der Waals surface area (Å²) in [5.74, 6) is -2.60. The minimum absolute atomic E-state index is 0.141. The highest BCUT2D eigenvalue weighted by atomic mass is 19.4. The predicted octanol–water partition coefficient (Wildman–Crippen LogP) is 2.95. The average molecular weight is 417 g/mol. The van der Waals surface area contributed by atoms with Gasteiger partial charge in [-0.2, -0.15) is 13.2 Å². The van der Waals surface area contributed by atoms with Crippen molar-refractivity contribution in [2.24, 2.45) is 5.92 Å². The summed E-state index contributed by atoms with van der Waals surface area (Å²) in [6, 6.07) is 12.9. The monoisotopic (exact) mass is 417 g/mol. The first-order valence-electron chi connectivity index (χ1n) is 9.88. The fraction of sp³-hybridized carbons (Fsp3) is 0.364. The van der Waals surface area contributed by atoms with Gasteiger partial charge in [-0.25, -0.2) is 0 Å². The normalized spacial score (nSPS) is 22.2.